The van der Waals surface area contributed by atoms with Crippen molar-refractivity contribution in [2.45, 2.75) is 19.3 Å². The van der Waals surface area contributed by atoms with E-state index in [1.165, 1.54) is 40.3 Å². The van der Waals surface area contributed by atoms with Gasteiger partial charge < -0.3 is 10.1 Å². The summed E-state index contributed by atoms with van der Waals surface area (Å²) < 4.78 is 5.72. The molecule has 3 heteroatoms. The van der Waals surface area contributed by atoms with Gasteiger partial charge in [-0.25, -0.2) is 0 Å². The molecule has 1 fully saturated rings. The molecule has 0 amide bonds. The molecule has 26 heavy (non-hydrogen) atoms. The molecule has 2 nitrogen and oxygen atoms in total. The molecule has 136 valence electrons. The van der Waals surface area contributed by atoms with Crippen LogP contribution in [0.4, 0.5) is 0 Å². The van der Waals surface area contributed by atoms with Gasteiger partial charge in [-0.05, 0) is 72.3 Å². The lowest BCUT2D eigenvalue weighted by Crippen LogP contribution is -2.28. The van der Waals surface area contributed by atoms with Gasteiger partial charge in [0, 0.05) is 5.56 Å². The molecule has 1 aliphatic heterocycles. The fourth-order valence-electron chi connectivity index (χ4n) is 3.97. The number of benzene rings is 3. The first kappa shape index (κ1) is 18.8. The third-order valence-electron chi connectivity index (χ3n) is 5.36. The van der Waals surface area contributed by atoms with Crippen LogP contribution in [0.1, 0.15) is 18.4 Å². The number of hydrogen-bond donors (Lipinski definition) is 1. The summed E-state index contributed by atoms with van der Waals surface area (Å²) in [5.74, 6) is 1.75. The van der Waals surface area contributed by atoms with Gasteiger partial charge in [0.25, 0.3) is 0 Å². The summed E-state index contributed by atoms with van der Waals surface area (Å²) in [6.45, 7) is 2.26. The van der Waals surface area contributed by atoms with Gasteiger partial charge in [0.05, 0.1) is 7.11 Å². The highest BCUT2D eigenvalue weighted by atomic mass is 35.5. The van der Waals surface area contributed by atoms with E-state index in [0.717, 1.165) is 31.2 Å². The second kappa shape index (κ2) is 8.57. The Labute approximate surface area is 162 Å². The quantitative estimate of drug-likeness (QED) is 0.659. The van der Waals surface area contributed by atoms with Crippen LogP contribution in [0, 0.1) is 5.92 Å². The second-order valence-corrected chi connectivity index (χ2v) is 6.95. The first-order valence-corrected chi connectivity index (χ1v) is 9.21. The zero-order valence-corrected chi connectivity index (χ0v) is 16.0. The van der Waals surface area contributed by atoms with Crippen molar-refractivity contribution < 1.29 is 4.74 Å². The number of halogens is 1. The van der Waals surface area contributed by atoms with Gasteiger partial charge in [0.15, 0.2) is 0 Å². The molecule has 0 atom stereocenters. The lowest BCUT2D eigenvalue weighted by Gasteiger charge is -2.25. The van der Waals surface area contributed by atoms with Crippen molar-refractivity contribution in [2.24, 2.45) is 5.92 Å². The number of nitrogens with one attached hydrogen (secondary N) is 1. The molecule has 1 aliphatic rings. The molecule has 4 rings (SSSR count). The maximum Gasteiger partial charge on any atom is 0.122 e. The van der Waals surface area contributed by atoms with Crippen LogP contribution in [0.25, 0.3) is 21.9 Å². The van der Waals surface area contributed by atoms with Crippen molar-refractivity contribution in [3.63, 3.8) is 0 Å². The Hall–Kier alpha value is -2.03. The van der Waals surface area contributed by atoms with Crippen LogP contribution in [0.15, 0.2) is 60.7 Å². The highest BCUT2D eigenvalue weighted by molar-refractivity contribution is 5.88. The van der Waals surface area contributed by atoms with E-state index in [1.54, 1.807) is 7.11 Å². The Morgan fingerprint density at radius 3 is 2.46 bits per heavy atom. The fourth-order valence-corrected chi connectivity index (χ4v) is 3.97. The first-order valence-electron chi connectivity index (χ1n) is 9.21. The van der Waals surface area contributed by atoms with Crippen molar-refractivity contribution in [1.29, 1.82) is 0 Å². The minimum Gasteiger partial charge on any atom is -0.496 e. The summed E-state index contributed by atoms with van der Waals surface area (Å²) in [5, 5.41) is 6.04. The minimum atomic E-state index is 0. The number of hydrogen-bond acceptors (Lipinski definition) is 2. The lowest BCUT2D eigenvalue weighted by atomic mass is 9.86. The zero-order valence-electron chi connectivity index (χ0n) is 15.2. The van der Waals surface area contributed by atoms with Crippen LogP contribution in [0.3, 0.4) is 0 Å². The Morgan fingerprint density at radius 2 is 1.69 bits per heavy atom. The molecule has 3 aromatic carbocycles. The Kier molecular flexibility index (Phi) is 6.18. The molecular weight excluding hydrogens is 342 g/mol. The lowest BCUT2D eigenvalue weighted by molar-refractivity contribution is 0.361. The number of rotatable bonds is 4. The normalized spacial score (nSPS) is 14.8. The van der Waals surface area contributed by atoms with Crippen LogP contribution in [0.2, 0.25) is 0 Å². The predicted octanol–water partition coefficient (Wildman–Crippen LogP) is 5.48. The molecular formula is C23H26ClNO. The van der Waals surface area contributed by atoms with Crippen molar-refractivity contribution in [3.05, 3.63) is 66.2 Å². The van der Waals surface area contributed by atoms with E-state index in [0.29, 0.717) is 0 Å². The molecule has 0 saturated carbocycles. The van der Waals surface area contributed by atoms with E-state index in [9.17, 15) is 0 Å². The SMILES string of the molecule is COc1cccc(-c2ccc3ccccc3c2)c1CC1CCNCC1.Cl. The topological polar surface area (TPSA) is 21.3 Å². The highest BCUT2D eigenvalue weighted by Crippen LogP contribution is 2.35. The van der Waals surface area contributed by atoms with Crippen LogP contribution < -0.4 is 10.1 Å². The average Bonchev–Trinajstić information content (AvgIpc) is 2.68. The largest absolute Gasteiger partial charge is 0.496 e. The van der Waals surface area contributed by atoms with E-state index in [1.807, 2.05) is 0 Å². The monoisotopic (exact) mass is 367 g/mol. The van der Waals surface area contributed by atoms with Gasteiger partial charge in [-0.3, -0.25) is 0 Å². The summed E-state index contributed by atoms with van der Waals surface area (Å²) in [7, 11) is 1.78. The molecule has 0 bridgehead atoms. The summed E-state index contributed by atoms with van der Waals surface area (Å²) in [5.41, 5.74) is 3.94. The van der Waals surface area contributed by atoms with Crippen LogP contribution in [0.5, 0.6) is 5.75 Å². The van der Waals surface area contributed by atoms with E-state index >= 15 is 0 Å². The summed E-state index contributed by atoms with van der Waals surface area (Å²) in [6, 6.07) is 21.8. The molecule has 3 aromatic rings. The minimum absolute atomic E-state index is 0. The third kappa shape index (κ3) is 3.87. The molecule has 1 N–H and O–H groups in total. The molecule has 0 unspecified atom stereocenters. The smallest absolute Gasteiger partial charge is 0.122 e. The van der Waals surface area contributed by atoms with Crippen molar-refractivity contribution in [3.8, 4) is 16.9 Å². The maximum absolute atomic E-state index is 5.72. The fraction of sp³-hybridized carbons (Fsp3) is 0.304. The van der Waals surface area contributed by atoms with E-state index < -0.39 is 0 Å². The third-order valence-corrected chi connectivity index (χ3v) is 5.36. The summed E-state index contributed by atoms with van der Waals surface area (Å²) >= 11 is 0. The van der Waals surface area contributed by atoms with Crippen molar-refractivity contribution >= 4 is 23.2 Å². The Balaban J connectivity index is 0.00000196. The first-order chi connectivity index (χ1) is 12.3. The van der Waals surface area contributed by atoms with Crippen LogP contribution in [-0.4, -0.2) is 20.2 Å². The van der Waals surface area contributed by atoms with Crippen molar-refractivity contribution in [2.75, 3.05) is 20.2 Å². The molecule has 0 spiro atoms. The maximum atomic E-state index is 5.72. The van der Waals surface area contributed by atoms with Gasteiger partial charge in [0.2, 0.25) is 0 Å². The molecule has 0 aromatic heterocycles. The van der Waals surface area contributed by atoms with Crippen LogP contribution in [-0.2, 0) is 6.42 Å². The second-order valence-electron chi connectivity index (χ2n) is 6.95. The highest BCUT2D eigenvalue weighted by Gasteiger charge is 2.19. The molecule has 1 saturated heterocycles. The van der Waals surface area contributed by atoms with E-state index in [4.69, 9.17) is 4.74 Å². The van der Waals surface area contributed by atoms with Crippen molar-refractivity contribution in [1.82, 2.24) is 5.32 Å². The van der Waals surface area contributed by atoms with E-state index in [2.05, 4.69) is 66.0 Å². The average molecular weight is 368 g/mol. The summed E-state index contributed by atoms with van der Waals surface area (Å²) in [4.78, 5) is 0. The van der Waals surface area contributed by atoms with Gasteiger partial charge in [-0.15, -0.1) is 12.4 Å². The van der Waals surface area contributed by atoms with Gasteiger partial charge in [-0.2, -0.15) is 0 Å². The standard InChI is InChI=1S/C23H25NO.ClH/c1-25-23-8-4-7-21(22(23)15-17-11-13-24-14-12-17)20-10-9-18-5-2-3-6-19(18)16-20;/h2-10,16-17,24H,11-15H2,1H3;1H. The Morgan fingerprint density at radius 1 is 0.923 bits per heavy atom. The zero-order chi connectivity index (χ0) is 17.1. The number of ether oxygens (including phenoxy) is 1. The van der Waals surface area contributed by atoms with Gasteiger partial charge >= 0.3 is 0 Å². The van der Waals surface area contributed by atoms with Gasteiger partial charge in [0.1, 0.15) is 5.75 Å². The molecule has 0 radical (unpaired) electrons. The molecule has 1 heterocycles. The molecule has 0 aliphatic carbocycles. The number of fused-ring (bicyclic) bond motifs is 1. The summed E-state index contributed by atoms with van der Waals surface area (Å²) in [6.07, 6.45) is 3.58. The van der Waals surface area contributed by atoms with Gasteiger partial charge in [-0.1, -0.05) is 48.5 Å². The number of piperidine rings is 1. The van der Waals surface area contributed by atoms with E-state index in [-0.39, 0.29) is 12.4 Å². The Bertz CT molecular complexity index is 871. The number of methoxy groups -OCH3 is 1. The predicted molar refractivity (Wildman–Crippen MR) is 112 cm³/mol. The van der Waals surface area contributed by atoms with Crippen LogP contribution >= 0.6 is 12.4 Å².